The minimum atomic E-state index is -0.591. The van der Waals surface area contributed by atoms with E-state index in [-0.39, 0.29) is 36.3 Å². The van der Waals surface area contributed by atoms with Crippen LogP contribution in [0.2, 0.25) is 0 Å². The Labute approximate surface area is 163 Å². The second kappa shape index (κ2) is 7.62. The molecule has 2 fully saturated rings. The molecule has 4 rings (SSSR count). The topological polar surface area (TPSA) is 125 Å². The number of fused-ring (bicyclic) bond motifs is 1. The molecule has 0 bridgehead atoms. The molecule has 3 amide bonds. The zero-order valence-corrected chi connectivity index (χ0v) is 15.7. The Morgan fingerprint density at radius 3 is 2.79 bits per heavy atom. The maximum Gasteiger partial charge on any atom is 0.255 e. The van der Waals surface area contributed by atoms with Crippen molar-refractivity contribution >= 4 is 17.7 Å². The van der Waals surface area contributed by atoms with Crippen LogP contribution in [0.15, 0.2) is 18.2 Å². The molecule has 0 radical (unpaired) electrons. The number of benzene rings is 1. The van der Waals surface area contributed by atoms with Gasteiger partial charge in [-0.05, 0) is 42.4 Å². The maximum atomic E-state index is 12.7. The van der Waals surface area contributed by atoms with Crippen LogP contribution >= 0.6 is 0 Å². The van der Waals surface area contributed by atoms with Crippen LogP contribution in [-0.2, 0) is 22.7 Å². The lowest BCUT2D eigenvalue weighted by Gasteiger charge is -2.29. The fourth-order valence-electron chi connectivity index (χ4n) is 4.50. The van der Waals surface area contributed by atoms with E-state index in [2.05, 4.69) is 10.6 Å². The quantitative estimate of drug-likeness (QED) is 0.512. The Balaban J connectivity index is 1.37. The van der Waals surface area contributed by atoms with Gasteiger partial charge in [0.25, 0.3) is 5.91 Å². The van der Waals surface area contributed by atoms with E-state index in [0.717, 1.165) is 17.5 Å². The number of nitrogens with zero attached hydrogens (tertiary/aromatic N) is 1. The van der Waals surface area contributed by atoms with Gasteiger partial charge in [0.05, 0.1) is 6.10 Å². The summed E-state index contributed by atoms with van der Waals surface area (Å²) in [5.41, 5.74) is 8.46. The highest BCUT2D eigenvalue weighted by Crippen LogP contribution is 2.28. The summed E-state index contributed by atoms with van der Waals surface area (Å²) in [5, 5.41) is 15.7. The van der Waals surface area contributed by atoms with Crippen LogP contribution in [-0.4, -0.2) is 52.5 Å². The molecule has 1 unspecified atom stereocenters. The van der Waals surface area contributed by atoms with Gasteiger partial charge in [0.1, 0.15) is 6.04 Å². The van der Waals surface area contributed by atoms with Gasteiger partial charge in [-0.15, -0.1) is 0 Å². The highest BCUT2D eigenvalue weighted by molar-refractivity contribution is 6.05. The molecular weight excluding hydrogens is 360 g/mol. The molecule has 2 aliphatic heterocycles. The molecule has 4 atom stereocenters. The van der Waals surface area contributed by atoms with Gasteiger partial charge in [0.2, 0.25) is 11.8 Å². The molecule has 28 heavy (non-hydrogen) atoms. The van der Waals surface area contributed by atoms with Crippen molar-refractivity contribution in [3.8, 4) is 0 Å². The van der Waals surface area contributed by atoms with Crippen LogP contribution in [0.4, 0.5) is 0 Å². The first-order valence-corrected chi connectivity index (χ1v) is 9.83. The lowest BCUT2D eigenvalue weighted by atomic mass is 10.0. The minimum absolute atomic E-state index is 0.0751. The van der Waals surface area contributed by atoms with Crippen molar-refractivity contribution in [3.63, 3.8) is 0 Å². The molecule has 150 valence electrons. The van der Waals surface area contributed by atoms with Crippen LogP contribution in [0.25, 0.3) is 0 Å². The number of carbonyl (C=O) groups excluding carboxylic acids is 3. The number of nitrogens with two attached hydrogens (primary N) is 1. The summed E-state index contributed by atoms with van der Waals surface area (Å²) in [4.78, 5) is 37.7. The third-order valence-corrected chi connectivity index (χ3v) is 6.02. The van der Waals surface area contributed by atoms with Crippen LogP contribution in [0.5, 0.6) is 0 Å². The predicted molar refractivity (Wildman–Crippen MR) is 101 cm³/mol. The fraction of sp³-hybridized carbons (Fsp3) is 0.550. The summed E-state index contributed by atoms with van der Waals surface area (Å²) < 4.78 is 0. The van der Waals surface area contributed by atoms with Crippen molar-refractivity contribution in [1.29, 1.82) is 0 Å². The van der Waals surface area contributed by atoms with Gasteiger partial charge < -0.3 is 21.1 Å². The first-order valence-electron chi connectivity index (χ1n) is 9.83. The molecule has 1 saturated carbocycles. The highest BCUT2D eigenvalue weighted by Gasteiger charge is 2.39. The molecule has 1 aliphatic carbocycles. The molecule has 1 aromatic carbocycles. The number of rotatable bonds is 5. The smallest absolute Gasteiger partial charge is 0.255 e. The Morgan fingerprint density at radius 2 is 2.07 bits per heavy atom. The number of hydrogen-bond acceptors (Lipinski definition) is 6. The van der Waals surface area contributed by atoms with E-state index in [1.54, 1.807) is 11.0 Å². The number of amides is 3. The number of carbonyl (C=O) groups is 3. The van der Waals surface area contributed by atoms with Gasteiger partial charge in [-0.2, -0.15) is 0 Å². The first-order chi connectivity index (χ1) is 13.4. The van der Waals surface area contributed by atoms with E-state index >= 15 is 0 Å². The lowest BCUT2D eigenvalue weighted by molar-refractivity contribution is -0.136. The largest absolute Gasteiger partial charge is 0.393 e. The van der Waals surface area contributed by atoms with Gasteiger partial charge in [0, 0.05) is 37.7 Å². The molecular formula is C20H26N4O4. The van der Waals surface area contributed by atoms with E-state index in [1.165, 1.54) is 0 Å². The summed E-state index contributed by atoms with van der Waals surface area (Å²) in [6, 6.07) is 5.19. The molecule has 1 aromatic rings. The van der Waals surface area contributed by atoms with E-state index in [0.29, 0.717) is 38.0 Å². The van der Waals surface area contributed by atoms with Crippen molar-refractivity contribution in [2.24, 2.45) is 11.7 Å². The predicted octanol–water partition coefficient (Wildman–Crippen LogP) is -0.365. The number of hydrogen-bond donors (Lipinski definition) is 4. The average molecular weight is 386 g/mol. The Hall–Kier alpha value is -2.29. The van der Waals surface area contributed by atoms with E-state index in [4.69, 9.17) is 5.73 Å². The Kier molecular flexibility index (Phi) is 5.18. The van der Waals surface area contributed by atoms with E-state index < -0.39 is 11.9 Å². The second-order valence-electron chi connectivity index (χ2n) is 8.08. The van der Waals surface area contributed by atoms with Gasteiger partial charge in [0.15, 0.2) is 0 Å². The van der Waals surface area contributed by atoms with Crippen molar-refractivity contribution in [2.75, 3.05) is 6.54 Å². The number of imide groups is 1. The number of aliphatic hydroxyl groups is 1. The summed E-state index contributed by atoms with van der Waals surface area (Å²) in [7, 11) is 0. The second-order valence-corrected chi connectivity index (χ2v) is 8.08. The summed E-state index contributed by atoms with van der Waals surface area (Å²) >= 11 is 0. The number of aliphatic hydroxyl groups excluding tert-OH is 1. The van der Waals surface area contributed by atoms with Gasteiger partial charge in [-0.3, -0.25) is 19.7 Å². The van der Waals surface area contributed by atoms with Crippen LogP contribution in [0.3, 0.4) is 0 Å². The maximum absolute atomic E-state index is 12.7. The van der Waals surface area contributed by atoms with Crippen molar-refractivity contribution in [3.05, 3.63) is 34.9 Å². The van der Waals surface area contributed by atoms with Crippen molar-refractivity contribution < 1.29 is 19.5 Å². The number of piperidine rings is 1. The first kappa shape index (κ1) is 19.0. The highest BCUT2D eigenvalue weighted by atomic mass is 16.3. The van der Waals surface area contributed by atoms with Gasteiger partial charge >= 0.3 is 0 Å². The summed E-state index contributed by atoms with van der Waals surface area (Å²) in [5.74, 6) is -0.666. The summed E-state index contributed by atoms with van der Waals surface area (Å²) in [6.07, 6.45) is 1.76. The zero-order valence-electron chi connectivity index (χ0n) is 15.7. The molecule has 8 nitrogen and oxygen atoms in total. The SMILES string of the molecule is N[C@H]1C[C@H](CNCc2ccc3c(c2)CN(C2CCC(=O)NC2=O)C3=O)[C@H](O)C1. The number of nitrogens with one attached hydrogen (secondary N) is 2. The molecule has 8 heteroatoms. The Bertz CT molecular complexity index is 811. The zero-order chi connectivity index (χ0) is 19.8. The standard InChI is InChI=1S/C20H26N4O4/c21-14-6-12(17(25)7-14)9-22-8-11-1-2-15-13(5-11)10-24(20(15)28)16-3-4-18(26)23-19(16)27/h1-2,5,12,14,16-17,22,25H,3-4,6-10,21H2,(H,23,26,27)/t12-,14+,16?,17-/m1/s1. The molecule has 0 spiro atoms. The third-order valence-electron chi connectivity index (χ3n) is 6.02. The Morgan fingerprint density at radius 1 is 1.25 bits per heavy atom. The van der Waals surface area contributed by atoms with Crippen molar-refractivity contribution in [2.45, 2.75) is 57.0 Å². The minimum Gasteiger partial charge on any atom is -0.393 e. The monoisotopic (exact) mass is 386 g/mol. The third kappa shape index (κ3) is 3.67. The molecule has 3 aliphatic rings. The van der Waals surface area contributed by atoms with E-state index in [1.807, 2.05) is 12.1 Å². The van der Waals surface area contributed by atoms with Gasteiger partial charge in [-0.25, -0.2) is 0 Å². The molecule has 0 aromatic heterocycles. The molecule has 5 N–H and O–H groups in total. The van der Waals surface area contributed by atoms with Crippen LogP contribution in [0.1, 0.15) is 47.2 Å². The molecule has 2 heterocycles. The average Bonchev–Trinajstić information content (AvgIpc) is 3.14. The normalized spacial score (nSPS) is 29.9. The van der Waals surface area contributed by atoms with E-state index in [9.17, 15) is 19.5 Å². The van der Waals surface area contributed by atoms with Crippen LogP contribution in [0, 0.1) is 5.92 Å². The lowest BCUT2D eigenvalue weighted by Crippen LogP contribution is -2.52. The summed E-state index contributed by atoms with van der Waals surface area (Å²) in [6.45, 7) is 1.72. The molecule has 1 saturated heterocycles. The fourth-order valence-corrected chi connectivity index (χ4v) is 4.50. The van der Waals surface area contributed by atoms with Gasteiger partial charge in [-0.1, -0.05) is 12.1 Å². The van der Waals surface area contributed by atoms with Crippen LogP contribution < -0.4 is 16.4 Å². The van der Waals surface area contributed by atoms with Crippen molar-refractivity contribution in [1.82, 2.24) is 15.5 Å².